The van der Waals surface area contributed by atoms with Gasteiger partial charge >= 0.3 is 6.18 Å². The van der Waals surface area contributed by atoms with Gasteiger partial charge in [-0.15, -0.1) is 0 Å². The van der Waals surface area contributed by atoms with Gasteiger partial charge in [0.25, 0.3) is 0 Å². The van der Waals surface area contributed by atoms with Gasteiger partial charge in [-0.1, -0.05) is 19.1 Å². The zero-order chi connectivity index (χ0) is 13.0. The summed E-state index contributed by atoms with van der Waals surface area (Å²) in [6.45, 7) is 3.05. The van der Waals surface area contributed by atoms with Crippen molar-refractivity contribution in [1.82, 2.24) is 5.32 Å². The summed E-state index contributed by atoms with van der Waals surface area (Å²) >= 11 is 0. The van der Waals surface area contributed by atoms with Crippen LogP contribution in [0.15, 0.2) is 24.3 Å². The lowest BCUT2D eigenvalue weighted by Crippen LogP contribution is -2.75. The van der Waals surface area contributed by atoms with Crippen LogP contribution >= 0.6 is 0 Å². The minimum atomic E-state index is -4.23. The van der Waals surface area contributed by atoms with Crippen LogP contribution in [0.2, 0.25) is 0 Å². The quantitative estimate of drug-likeness (QED) is 0.871. The van der Waals surface area contributed by atoms with E-state index in [9.17, 15) is 13.2 Å². The molecule has 0 spiro atoms. The Morgan fingerprint density at radius 2 is 1.67 bits per heavy atom. The third-order valence-corrected chi connectivity index (χ3v) is 4.41. The maximum atomic E-state index is 12.5. The highest BCUT2D eigenvalue weighted by atomic mass is 19.4. The fraction of sp³-hybridized carbons (Fsp3) is 0.571. The largest absolute Gasteiger partial charge is 0.416 e. The Hall–Kier alpha value is -1.03. The highest BCUT2D eigenvalue weighted by Crippen LogP contribution is 2.67. The first-order valence-electron chi connectivity index (χ1n) is 6.32. The van der Waals surface area contributed by atoms with Crippen molar-refractivity contribution in [3.63, 3.8) is 0 Å². The van der Waals surface area contributed by atoms with E-state index < -0.39 is 11.7 Å². The van der Waals surface area contributed by atoms with Crippen LogP contribution in [-0.2, 0) is 11.6 Å². The Kier molecular flexibility index (Phi) is 2.34. The second-order valence-corrected chi connectivity index (χ2v) is 5.70. The van der Waals surface area contributed by atoms with E-state index in [1.165, 1.54) is 12.1 Å². The van der Waals surface area contributed by atoms with Gasteiger partial charge in [0.2, 0.25) is 0 Å². The molecule has 18 heavy (non-hydrogen) atoms. The molecule has 98 valence electrons. The number of halogens is 3. The van der Waals surface area contributed by atoms with E-state index in [4.69, 9.17) is 0 Å². The Labute approximate surface area is 104 Å². The van der Waals surface area contributed by atoms with Gasteiger partial charge in [0.1, 0.15) is 0 Å². The summed E-state index contributed by atoms with van der Waals surface area (Å²) in [7, 11) is 0. The first-order valence-corrected chi connectivity index (χ1v) is 6.32. The lowest BCUT2D eigenvalue weighted by Gasteiger charge is -2.71. The minimum absolute atomic E-state index is 0.159. The zero-order valence-electron chi connectivity index (χ0n) is 10.3. The van der Waals surface area contributed by atoms with Gasteiger partial charge in [-0.2, -0.15) is 13.2 Å². The fourth-order valence-electron chi connectivity index (χ4n) is 3.67. The molecule has 0 unspecified atom stereocenters. The molecular weight excluding hydrogens is 239 g/mol. The number of alkyl halides is 3. The molecule has 3 fully saturated rings. The molecule has 0 atom stereocenters. The van der Waals surface area contributed by atoms with Crippen molar-refractivity contribution in [2.45, 2.75) is 43.3 Å². The van der Waals surface area contributed by atoms with Crippen molar-refractivity contribution in [3.05, 3.63) is 35.4 Å². The van der Waals surface area contributed by atoms with Crippen LogP contribution in [0, 0.1) is 0 Å². The van der Waals surface area contributed by atoms with Crippen molar-refractivity contribution in [3.8, 4) is 0 Å². The molecule has 3 aliphatic rings. The molecule has 1 aromatic carbocycles. The summed E-state index contributed by atoms with van der Waals surface area (Å²) in [5, 5.41) is 3.47. The van der Waals surface area contributed by atoms with Crippen LogP contribution in [0.25, 0.3) is 0 Å². The molecule has 0 heterocycles. The van der Waals surface area contributed by atoms with Crippen molar-refractivity contribution >= 4 is 0 Å². The number of benzene rings is 1. The third-order valence-electron chi connectivity index (χ3n) is 4.41. The molecule has 3 aliphatic carbocycles. The first-order chi connectivity index (χ1) is 8.39. The first kappa shape index (κ1) is 12.0. The molecule has 4 rings (SSSR count). The average molecular weight is 255 g/mol. The molecule has 0 saturated heterocycles. The van der Waals surface area contributed by atoms with Gasteiger partial charge in [-0.05, 0) is 43.5 Å². The van der Waals surface area contributed by atoms with Crippen molar-refractivity contribution < 1.29 is 13.2 Å². The summed E-state index contributed by atoms with van der Waals surface area (Å²) < 4.78 is 37.4. The van der Waals surface area contributed by atoms with E-state index in [-0.39, 0.29) is 11.0 Å². The predicted molar refractivity (Wildman–Crippen MR) is 63.4 cm³/mol. The summed E-state index contributed by atoms with van der Waals surface area (Å²) in [5.41, 5.74) is 0.957. The molecule has 1 N–H and O–H groups in total. The Morgan fingerprint density at radius 1 is 1.11 bits per heavy atom. The highest BCUT2D eigenvalue weighted by molar-refractivity contribution is 5.42. The molecule has 0 radical (unpaired) electrons. The molecule has 2 bridgehead atoms. The Bertz CT molecular complexity index is 441. The normalized spacial score (nSPS) is 33.8. The van der Waals surface area contributed by atoms with Crippen molar-refractivity contribution in [2.75, 3.05) is 6.54 Å². The minimum Gasteiger partial charge on any atom is -0.311 e. The summed E-state index contributed by atoms with van der Waals surface area (Å²) in [5.74, 6) is 0. The zero-order valence-corrected chi connectivity index (χ0v) is 10.3. The van der Waals surface area contributed by atoms with Crippen LogP contribution < -0.4 is 5.32 Å². The molecule has 3 saturated carbocycles. The Balaban J connectivity index is 1.73. The van der Waals surface area contributed by atoms with E-state index in [2.05, 4.69) is 12.2 Å². The van der Waals surface area contributed by atoms with Crippen molar-refractivity contribution in [1.29, 1.82) is 0 Å². The molecule has 0 aliphatic heterocycles. The van der Waals surface area contributed by atoms with Gasteiger partial charge in [0, 0.05) is 11.0 Å². The van der Waals surface area contributed by atoms with Gasteiger partial charge in [-0.3, -0.25) is 0 Å². The van der Waals surface area contributed by atoms with Gasteiger partial charge in [-0.25, -0.2) is 0 Å². The molecule has 1 aromatic rings. The third kappa shape index (κ3) is 1.58. The van der Waals surface area contributed by atoms with Crippen LogP contribution in [0.1, 0.15) is 37.3 Å². The molecule has 0 aromatic heterocycles. The molecular formula is C14H16F3N. The highest BCUT2D eigenvalue weighted by Gasteiger charge is 2.67. The van der Waals surface area contributed by atoms with E-state index >= 15 is 0 Å². The fourth-order valence-corrected chi connectivity index (χ4v) is 3.67. The van der Waals surface area contributed by atoms with Crippen molar-refractivity contribution in [2.24, 2.45) is 0 Å². The molecule has 4 heteroatoms. The van der Waals surface area contributed by atoms with Gasteiger partial charge in [0.15, 0.2) is 0 Å². The summed E-state index contributed by atoms with van der Waals surface area (Å²) in [4.78, 5) is 0. The number of nitrogens with one attached hydrogen (secondary N) is 1. The van der Waals surface area contributed by atoms with Crippen LogP contribution in [0.3, 0.4) is 0 Å². The summed E-state index contributed by atoms with van der Waals surface area (Å²) in [6.07, 6.45) is -1.03. The van der Waals surface area contributed by atoms with E-state index in [1.54, 1.807) is 12.1 Å². The van der Waals surface area contributed by atoms with Gasteiger partial charge < -0.3 is 5.32 Å². The lowest BCUT2D eigenvalue weighted by molar-refractivity contribution is -0.137. The molecule has 0 amide bonds. The number of hydrogen-bond donors (Lipinski definition) is 1. The monoisotopic (exact) mass is 255 g/mol. The maximum absolute atomic E-state index is 12.5. The SMILES string of the molecule is CCNC12CC(c3ccc(C(F)(F)F)cc3)(C1)C2. The lowest BCUT2D eigenvalue weighted by atomic mass is 9.37. The maximum Gasteiger partial charge on any atom is 0.416 e. The van der Waals surface area contributed by atoms with Gasteiger partial charge in [0.05, 0.1) is 5.56 Å². The van der Waals surface area contributed by atoms with E-state index in [1.807, 2.05) is 0 Å². The predicted octanol–water partition coefficient (Wildman–Crippen LogP) is 3.49. The van der Waals surface area contributed by atoms with Crippen LogP contribution in [0.5, 0.6) is 0 Å². The summed E-state index contributed by atoms with van der Waals surface area (Å²) in [6, 6.07) is 5.71. The molecule has 1 nitrogen and oxygen atoms in total. The average Bonchev–Trinajstić information content (AvgIpc) is 2.20. The van der Waals surface area contributed by atoms with E-state index in [0.29, 0.717) is 0 Å². The topological polar surface area (TPSA) is 12.0 Å². The number of rotatable bonds is 3. The second kappa shape index (κ2) is 3.50. The second-order valence-electron chi connectivity index (χ2n) is 5.70. The number of hydrogen-bond acceptors (Lipinski definition) is 1. The van der Waals surface area contributed by atoms with Crippen LogP contribution in [-0.4, -0.2) is 12.1 Å². The standard InChI is InChI=1S/C14H16F3N/c1-2-18-13-7-12(8-13,9-13)10-3-5-11(6-4-10)14(15,16)17/h3-6,18H,2,7-9H2,1H3. The Morgan fingerprint density at radius 3 is 2.11 bits per heavy atom. The van der Waals surface area contributed by atoms with E-state index in [0.717, 1.165) is 31.4 Å². The van der Waals surface area contributed by atoms with Crippen LogP contribution in [0.4, 0.5) is 13.2 Å². The smallest absolute Gasteiger partial charge is 0.311 e.